The number of carbonyl (C=O) groups is 2. The second kappa shape index (κ2) is 6.17. The van der Waals surface area contributed by atoms with Gasteiger partial charge in [0, 0.05) is 4.90 Å². The lowest BCUT2D eigenvalue weighted by Crippen LogP contribution is -2.21. The second-order valence-corrected chi connectivity index (χ2v) is 4.20. The molecule has 5 heteroatoms. The maximum absolute atomic E-state index is 11.2. The number of amides is 1. The number of primary amides is 1. The highest BCUT2D eigenvalue weighted by Gasteiger charge is 2.06. The molecule has 1 amide bonds. The molecular weight excluding hydrogens is 226 g/mol. The Hall–Kier alpha value is -1.49. The van der Waals surface area contributed by atoms with Crippen LogP contribution in [0.1, 0.15) is 5.56 Å². The van der Waals surface area contributed by atoms with E-state index in [4.69, 9.17) is 5.73 Å². The molecule has 0 aliphatic carbocycles. The highest BCUT2D eigenvalue weighted by molar-refractivity contribution is 8.00. The average molecular weight is 239 g/mol. The standard InChI is InChI=1S/C11H13NO3S/c1-8-4-2-3-5-9(8)16-7-11(14)15-6-10(12)13/h2-5H,6-7H2,1H3,(H2,12,13). The molecule has 2 N–H and O–H groups in total. The smallest absolute Gasteiger partial charge is 0.316 e. The molecule has 0 bridgehead atoms. The summed E-state index contributed by atoms with van der Waals surface area (Å²) in [5.74, 6) is -0.903. The topological polar surface area (TPSA) is 69.4 Å². The molecule has 1 rings (SSSR count). The minimum Gasteiger partial charge on any atom is -0.455 e. The van der Waals surface area contributed by atoms with E-state index in [0.717, 1.165) is 10.5 Å². The fraction of sp³-hybridized carbons (Fsp3) is 0.273. The van der Waals surface area contributed by atoms with Crippen LogP contribution in [0.5, 0.6) is 0 Å². The van der Waals surface area contributed by atoms with Gasteiger partial charge < -0.3 is 10.5 Å². The minimum absolute atomic E-state index is 0.179. The third-order valence-electron chi connectivity index (χ3n) is 1.81. The summed E-state index contributed by atoms with van der Waals surface area (Å²) < 4.78 is 4.63. The summed E-state index contributed by atoms with van der Waals surface area (Å²) in [5, 5.41) is 0. The van der Waals surface area contributed by atoms with Crippen molar-refractivity contribution in [3.05, 3.63) is 29.8 Å². The van der Waals surface area contributed by atoms with E-state index >= 15 is 0 Å². The first-order valence-electron chi connectivity index (χ1n) is 4.72. The summed E-state index contributed by atoms with van der Waals surface area (Å²) in [6, 6.07) is 7.74. The third kappa shape index (κ3) is 4.35. The summed E-state index contributed by atoms with van der Waals surface area (Å²) >= 11 is 1.38. The minimum atomic E-state index is -0.644. The van der Waals surface area contributed by atoms with Crippen LogP contribution in [0.4, 0.5) is 0 Å². The fourth-order valence-corrected chi connectivity index (χ4v) is 1.88. The van der Waals surface area contributed by atoms with E-state index in [9.17, 15) is 9.59 Å². The number of hydrogen-bond donors (Lipinski definition) is 1. The van der Waals surface area contributed by atoms with E-state index in [-0.39, 0.29) is 12.4 Å². The Morgan fingerprint density at radius 3 is 2.69 bits per heavy atom. The maximum Gasteiger partial charge on any atom is 0.316 e. The molecule has 4 nitrogen and oxygen atoms in total. The highest BCUT2D eigenvalue weighted by Crippen LogP contribution is 2.21. The number of nitrogens with two attached hydrogens (primary N) is 1. The largest absolute Gasteiger partial charge is 0.455 e. The van der Waals surface area contributed by atoms with Crippen molar-refractivity contribution in [2.24, 2.45) is 5.73 Å². The van der Waals surface area contributed by atoms with Crippen molar-refractivity contribution in [3.63, 3.8) is 0 Å². The van der Waals surface area contributed by atoms with Crippen LogP contribution < -0.4 is 5.73 Å². The number of hydrogen-bond acceptors (Lipinski definition) is 4. The van der Waals surface area contributed by atoms with Crippen LogP contribution in [0.15, 0.2) is 29.2 Å². The monoisotopic (exact) mass is 239 g/mol. The van der Waals surface area contributed by atoms with Gasteiger partial charge in [-0.25, -0.2) is 0 Å². The van der Waals surface area contributed by atoms with Crippen LogP contribution in [0, 0.1) is 6.92 Å². The molecule has 0 saturated heterocycles. The summed E-state index contributed by atoms with van der Waals surface area (Å²) in [4.78, 5) is 22.6. The number of esters is 1. The van der Waals surface area contributed by atoms with Crippen LogP contribution >= 0.6 is 11.8 Å². The number of aryl methyl sites for hydroxylation is 1. The Morgan fingerprint density at radius 2 is 2.06 bits per heavy atom. The van der Waals surface area contributed by atoms with Gasteiger partial charge in [0.2, 0.25) is 0 Å². The summed E-state index contributed by atoms with van der Waals surface area (Å²) in [6.45, 7) is 1.62. The molecular formula is C11H13NO3S. The van der Waals surface area contributed by atoms with Gasteiger partial charge in [0.05, 0.1) is 5.75 Å². The van der Waals surface area contributed by atoms with Crippen molar-refractivity contribution in [1.82, 2.24) is 0 Å². The predicted molar refractivity (Wildman–Crippen MR) is 62.1 cm³/mol. The molecule has 0 radical (unpaired) electrons. The van der Waals surface area contributed by atoms with Crippen molar-refractivity contribution < 1.29 is 14.3 Å². The van der Waals surface area contributed by atoms with Gasteiger partial charge in [-0.2, -0.15) is 0 Å². The molecule has 0 aromatic heterocycles. The van der Waals surface area contributed by atoms with E-state index in [2.05, 4.69) is 4.74 Å². The van der Waals surface area contributed by atoms with Crippen LogP contribution in [-0.4, -0.2) is 24.2 Å². The number of ether oxygens (including phenoxy) is 1. The van der Waals surface area contributed by atoms with E-state index < -0.39 is 11.9 Å². The van der Waals surface area contributed by atoms with Crippen molar-refractivity contribution in [3.8, 4) is 0 Å². The summed E-state index contributed by atoms with van der Waals surface area (Å²) in [5.41, 5.74) is 5.96. The molecule has 0 spiro atoms. The van der Waals surface area contributed by atoms with Crippen LogP contribution in [0.3, 0.4) is 0 Å². The average Bonchev–Trinajstić information content (AvgIpc) is 2.25. The van der Waals surface area contributed by atoms with Crippen molar-refractivity contribution in [1.29, 1.82) is 0 Å². The van der Waals surface area contributed by atoms with Gasteiger partial charge in [-0.15, -0.1) is 11.8 Å². The number of rotatable bonds is 5. The molecule has 0 saturated carbocycles. The van der Waals surface area contributed by atoms with Gasteiger partial charge in [0.1, 0.15) is 0 Å². The van der Waals surface area contributed by atoms with Gasteiger partial charge in [0.15, 0.2) is 6.61 Å². The summed E-state index contributed by atoms with van der Waals surface area (Å²) in [7, 11) is 0. The van der Waals surface area contributed by atoms with Crippen molar-refractivity contribution in [2.45, 2.75) is 11.8 Å². The zero-order chi connectivity index (χ0) is 12.0. The molecule has 1 aromatic rings. The maximum atomic E-state index is 11.2. The SMILES string of the molecule is Cc1ccccc1SCC(=O)OCC(N)=O. The van der Waals surface area contributed by atoms with Gasteiger partial charge >= 0.3 is 5.97 Å². The van der Waals surface area contributed by atoms with Crippen molar-refractivity contribution >= 4 is 23.6 Å². The van der Waals surface area contributed by atoms with E-state index in [1.807, 2.05) is 31.2 Å². The molecule has 0 fully saturated rings. The Kier molecular flexibility index (Phi) is 4.85. The highest BCUT2D eigenvalue weighted by atomic mass is 32.2. The number of thioether (sulfide) groups is 1. The Bertz CT molecular complexity index is 393. The first-order chi connectivity index (χ1) is 7.59. The predicted octanol–water partition coefficient (Wildman–Crippen LogP) is 1.12. The lowest BCUT2D eigenvalue weighted by atomic mass is 10.2. The molecule has 0 unspecified atom stereocenters. The van der Waals surface area contributed by atoms with Crippen molar-refractivity contribution in [2.75, 3.05) is 12.4 Å². The quantitative estimate of drug-likeness (QED) is 0.617. The second-order valence-electron chi connectivity index (χ2n) is 3.18. The lowest BCUT2D eigenvalue weighted by molar-refractivity contribution is -0.145. The normalized spacial score (nSPS) is 9.81. The van der Waals surface area contributed by atoms with E-state index in [1.165, 1.54) is 11.8 Å². The van der Waals surface area contributed by atoms with Gasteiger partial charge in [-0.1, -0.05) is 18.2 Å². The fourth-order valence-electron chi connectivity index (χ4n) is 1.05. The van der Waals surface area contributed by atoms with Crippen LogP contribution in [0.2, 0.25) is 0 Å². The molecule has 0 aliphatic heterocycles. The zero-order valence-corrected chi connectivity index (χ0v) is 9.75. The molecule has 0 aliphatic rings. The first kappa shape index (κ1) is 12.6. The lowest BCUT2D eigenvalue weighted by Gasteiger charge is -2.04. The summed E-state index contributed by atoms with van der Waals surface area (Å²) in [6.07, 6.45) is 0. The molecule has 0 atom stereocenters. The molecule has 1 aromatic carbocycles. The van der Waals surface area contributed by atoms with Crippen LogP contribution in [-0.2, 0) is 14.3 Å². The van der Waals surface area contributed by atoms with Crippen LogP contribution in [0.25, 0.3) is 0 Å². The van der Waals surface area contributed by atoms with Gasteiger partial charge in [-0.3, -0.25) is 9.59 Å². The number of carbonyl (C=O) groups excluding carboxylic acids is 2. The molecule has 16 heavy (non-hydrogen) atoms. The molecule has 0 heterocycles. The number of benzene rings is 1. The Morgan fingerprint density at radius 1 is 1.38 bits per heavy atom. The first-order valence-corrected chi connectivity index (χ1v) is 5.70. The zero-order valence-electron chi connectivity index (χ0n) is 8.93. The van der Waals surface area contributed by atoms with E-state index in [1.54, 1.807) is 0 Å². The third-order valence-corrected chi connectivity index (χ3v) is 2.96. The Labute approximate surface area is 98.2 Å². The van der Waals surface area contributed by atoms with Gasteiger partial charge in [-0.05, 0) is 18.6 Å². The van der Waals surface area contributed by atoms with Gasteiger partial charge in [0.25, 0.3) is 5.91 Å². The Balaban J connectivity index is 2.37. The van der Waals surface area contributed by atoms with E-state index in [0.29, 0.717) is 0 Å². The molecule has 86 valence electrons.